The van der Waals surface area contributed by atoms with Crippen LogP contribution >= 0.6 is 0 Å². The molecular formula is C17H10F3NO4. The number of carboxylic acid groups (broad SMARTS) is 1. The first kappa shape index (κ1) is 16.7. The van der Waals surface area contributed by atoms with E-state index in [-0.39, 0.29) is 16.8 Å². The maximum absolute atomic E-state index is 12.8. The number of fused-ring (bicyclic) bond motifs is 1. The normalized spacial score (nSPS) is 14.0. The number of aliphatic carboxylic acids is 1. The molecule has 8 heteroatoms. The number of Topliss-reactive ketones (excluding diaryl/α,β-unsaturated/α-hetero) is 1. The minimum absolute atomic E-state index is 0.0267. The van der Waals surface area contributed by atoms with Gasteiger partial charge in [0.15, 0.2) is 0 Å². The smallest absolute Gasteiger partial charge is 0.416 e. The van der Waals surface area contributed by atoms with Gasteiger partial charge in [-0.25, -0.2) is 0 Å². The van der Waals surface area contributed by atoms with Crippen molar-refractivity contribution in [3.8, 4) is 11.1 Å². The highest BCUT2D eigenvalue weighted by Crippen LogP contribution is 2.35. The van der Waals surface area contributed by atoms with Crippen LogP contribution in [0.1, 0.15) is 15.9 Å². The second-order valence-corrected chi connectivity index (χ2v) is 5.42. The number of rotatable bonds is 3. The molecule has 0 unspecified atom stereocenters. The van der Waals surface area contributed by atoms with E-state index in [2.05, 4.69) is 0 Å². The summed E-state index contributed by atoms with van der Waals surface area (Å²) in [5, 5.41) is 8.83. The van der Waals surface area contributed by atoms with E-state index in [1.807, 2.05) is 0 Å². The van der Waals surface area contributed by atoms with Crippen LogP contribution in [0, 0.1) is 0 Å². The van der Waals surface area contributed by atoms with Gasteiger partial charge < -0.3 is 5.11 Å². The molecule has 1 amide bonds. The van der Waals surface area contributed by atoms with E-state index in [0.717, 1.165) is 17.0 Å². The van der Waals surface area contributed by atoms with Gasteiger partial charge in [-0.1, -0.05) is 18.2 Å². The Kier molecular flexibility index (Phi) is 3.82. The molecule has 0 radical (unpaired) electrons. The van der Waals surface area contributed by atoms with E-state index < -0.39 is 35.9 Å². The van der Waals surface area contributed by atoms with Crippen molar-refractivity contribution in [3.63, 3.8) is 0 Å². The fourth-order valence-electron chi connectivity index (χ4n) is 2.65. The molecule has 0 saturated heterocycles. The van der Waals surface area contributed by atoms with Gasteiger partial charge in [0, 0.05) is 0 Å². The van der Waals surface area contributed by atoms with Crippen molar-refractivity contribution in [2.75, 3.05) is 11.4 Å². The summed E-state index contributed by atoms with van der Waals surface area (Å²) in [6.07, 6.45) is -4.50. The van der Waals surface area contributed by atoms with Crippen LogP contribution in [0.4, 0.5) is 18.9 Å². The van der Waals surface area contributed by atoms with E-state index >= 15 is 0 Å². The molecule has 0 bridgehead atoms. The van der Waals surface area contributed by atoms with Crippen LogP contribution in [-0.4, -0.2) is 29.3 Å². The molecule has 2 aromatic carbocycles. The van der Waals surface area contributed by atoms with Crippen molar-refractivity contribution in [1.29, 1.82) is 0 Å². The van der Waals surface area contributed by atoms with Gasteiger partial charge in [-0.15, -0.1) is 0 Å². The van der Waals surface area contributed by atoms with Crippen molar-refractivity contribution in [1.82, 2.24) is 0 Å². The van der Waals surface area contributed by atoms with Crippen LogP contribution in [0.3, 0.4) is 0 Å². The summed E-state index contributed by atoms with van der Waals surface area (Å²) in [4.78, 5) is 35.6. The standard InChI is InChI=1S/C17H10F3NO4/c18-17(19,20)11-3-1-2-9(6-11)10-4-5-13-12(7-10)15(24)16(25)21(13)8-14(22)23/h1-7H,8H2,(H,22,23). The average molecular weight is 349 g/mol. The maximum Gasteiger partial charge on any atom is 0.416 e. The summed E-state index contributed by atoms with van der Waals surface area (Å²) in [7, 11) is 0. The third kappa shape index (κ3) is 2.98. The zero-order valence-electron chi connectivity index (χ0n) is 12.5. The molecule has 1 heterocycles. The summed E-state index contributed by atoms with van der Waals surface area (Å²) in [6, 6.07) is 8.67. The topological polar surface area (TPSA) is 74.7 Å². The average Bonchev–Trinajstić information content (AvgIpc) is 2.78. The minimum Gasteiger partial charge on any atom is -0.480 e. The Morgan fingerprint density at radius 1 is 1.04 bits per heavy atom. The highest BCUT2D eigenvalue weighted by atomic mass is 19.4. The lowest BCUT2D eigenvalue weighted by Crippen LogP contribution is -2.34. The van der Waals surface area contributed by atoms with E-state index in [1.54, 1.807) is 0 Å². The lowest BCUT2D eigenvalue weighted by Gasteiger charge is -2.14. The van der Waals surface area contributed by atoms with Crippen LogP contribution in [0.2, 0.25) is 0 Å². The first-order valence-corrected chi connectivity index (χ1v) is 7.08. The number of ketones is 1. The number of halogens is 3. The SMILES string of the molecule is O=C(O)CN1C(=O)C(=O)c2cc(-c3cccc(C(F)(F)F)c3)ccc21. The summed E-state index contributed by atoms with van der Waals surface area (Å²) >= 11 is 0. The Labute approximate surface area is 139 Å². The summed E-state index contributed by atoms with van der Waals surface area (Å²) < 4.78 is 38.5. The predicted molar refractivity (Wildman–Crippen MR) is 81.2 cm³/mol. The highest BCUT2D eigenvalue weighted by molar-refractivity contribution is 6.52. The molecule has 1 aliphatic rings. The fourth-order valence-corrected chi connectivity index (χ4v) is 2.65. The molecule has 0 spiro atoms. The van der Waals surface area contributed by atoms with Gasteiger partial charge in [0.05, 0.1) is 16.8 Å². The van der Waals surface area contributed by atoms with E-state index in [4.69, 9.17) is 5.11 Å². The lowest BCUT2D eigenvalue weighted by molar-refractivity contribution is -0.137. The van der Waals surface area contributed by atoms with E-state index in [0.29, 0.717) is 5.56 Å². The van der Waals surface area contributed by atoms with E-state index in [1.165, 1.54) is 30.3 Å². The van der Waals surface area contributed by atoms with Crippen LogP contribution in [0.15, 0.2) is 42.5 Å². The molecule has 5 nitrogen and oxygen atoms in total. The number of carboxylic acids is 1. The van der Waals surface area contributed by atoms with Crippen LogP contribution < -0.4 is 4.90 Å². The van der Waals surface area contributed by atoms with Crippen molar-refractivity contribution in [2.24, 2.45) is 0 Å². The molecule has 3 rings (SSSR count). The number of hydrogen-bond acceptors (Lipinski definition) is 3. The molecular weight excluding hydrogens is 339 g/mol. The van der Waals surface area contributed by atoms with Crippen molar-refractivity contribution in [3.05, 3.63) is 53.6 Å². The van der Waals surface area contributed by atoms with Gasteiger partial charge in [0.25, 0.3) is 11.7 Å². The molecule has 1 aliphatic heterocycles. The first-order valence-electron chi connectivity index (χ1n) is 7.08. The number of nitrogens with zero attached hydrogens (tertiary/aromatic N) is 1. The molecule has 0 atom stereocenters. The summed E-state index contributed by atoms with van der Waals surface area (Å²) in [5.74, 6) is -3.14. The summed E-state index contributed by atoms with van der Waals surface area (Å²) in [5.41, 5.74) is -0.174. The number of benzene rings is 2. The zero-order chi connectivity index (χ0) is 18.4. The second kappa shape index (κ2) is 5.73. The van der Waals surface area contributed by atoms with Gasteiger partial charge >= 0.3 is 12.1 Å². The predicted octanol–water partition coefficient (Wildman–Crippen LogP) is 2.99. The molecule has 0 aromatic heterocycles. The number of anilines is 1. The Bertz CT molecular complexity index is 905. The zero-order valence-corrected chi connectivity index (χ0v) is 12.5. The lowest BCUT2D eigenvalue weighted by atomic mass is 9.99. The van der Waals surface area contributed by atoms with Gasteiger partial charge in [-0.3, -0.25) is 19.3 Å². The highest BCUT2D eigenvalue weighted by Gasteiger charge is 2.37. The molecule has 2 aromatic rings. The molecule has 128 valence electrons. The molecule has 1 N–H and O–H groups in total. The second-order valence-electron chi connectivity index (χ2n) is 5.42. The maximum atomic E-state index is 12.8. The molecule has 0 fully saturated rings. The number of hydrogen-bond donors (Lipinski definition) is 1. The monoisotopic (exact) mass is 349 g/mol. The Hall–Kier alpha value is -3.16. The van der Waals surface area contributed by atoms with Crippen molar-refractivity contribution in [2.45, 2.75) is 6.18 Å². The van der Waals surface area contributed by atoms with Crippen molar-refractivity contribution < 1.29 is 32.7 Å². The summed E-state index contributed by atoms with van der Waals surface area (Å²) in [6.45, 7) is -0.666. The Morgan fingerprint density at radius 3 is 2.36 bits per heavy atom. The Balaban J connectivity index is 2.05. The number of carbonyl (C=O) groups excluding carboxylic acids is 2. The van der Waals surface area contributed by atoms with Gasteiger partial charge in [0.1, 0.15) is 6.54 Å². The minimum atomic E-state index is -4.50. The van der Waals surface area contributed by atoms with Gasteiger partial charge in [0.2, 0.25) is 0 Å². The number of amides is 1. The van der Waals surface area contributed by atoms with Crippen LogP contribution in [-0.2, 0) is 15.8 Å². The fraction of sp³-hybridized carbons (Fsp3) is 0.118. The first-order chi connectivity index (χ1) is 11.7. The molecule has 25 heavy (non-hydrogen) atoms. The largest absolute Gasteiger partial charge is 0.480 e. The number of alkyl halides is 3. The van der Waals surface area contributed by atoms with Crippen molar-refractivity contribution >= 4 is 23.3 Å². The van der Waals surface area contributed by atoms with Crippen LogP contribution in [0.5, 0.6) is 0 Å². The van der Waals surface area contributed by atoms with Crippen LogP contribution in [0.25, 0.3) is 11.1 Å². The van der Waals surface area contributed by atoms with Gasteiger partial charge in [-0.05, 0) is 35.4 Å². The molecule has 0 aliphatic carbocycles. The third-order valence-corrected chi connectivity index (χ3v) is 3.79. The number of carbonyl (C=O) groups is 3. The molecule has 0 saturated carbocycles. The quantitative estimate of drug-likeness (QED) is 0.865. The third-order valence-electron chi connectivity index (χ3n) is 3.79. The Morgan fingerprint density at radius 2 is 1.72 bits per heavy atom. The van der Waals surface area contributed by atoms with E-state index in [9.17, 15) is 27.6 Å². The van der Waals surface area contributed by atoms with Gasteiger partial charge in [-0.2, -0.15) is 13.2 Å².